The summed E-state index contributed by atoms with van der Waals surface area (Å²) in [6, 6.07) is 23.7. The van der Waals surface area contributed by atoms with Crippen LogP contribution in [0, 0.1) is 0 Å². The van der Waals surface area contributed by atoms with E-state index in [-0.39, 0.29) is 25.5 Å². The number of carboxylic acid groups (broad SMARTS) is 1. The van der Waals surface area contributed by atoms with Crippen molar-refractivity contribution in [3.8, 4) is 11.1 Å². The van der Waals surface area contributed by atoms with Gasteiger partial charge in [-0.05, 0) is 47.7 Å². The van der Waals surface area contributed by atoms with Gasteiger partial charge in [-0.2, -0.15) is 0 Å². The summed E-state index contributed by atoms with van der Waals surface area (Å²) in [6.07, 6.45) is -0.0789. The Kier molecular flexibility index (Phi) is 10.5. The van der Waals surface area contributed by atoms with Gasteiger partial charge in [-0.25, -0.2) is 9.59 Å². The summed E-state index contributed by atoms with van der Waals surface area (Å²) >= 11 is 0. The number of carboxylic acids is 1. The molecule has 1 aliphatic rings. The molecule has 3 aromatic carbocycles. The molecular weight excluding hydrogens is 522 g/mol. The van der Waals surface area contributed by atoms with Gasteiger partial charge in [0.2, 0.25) is 5.91 Å². The Morgan fingerprint density at radius 2 is 1.49 bits per heavy atom. The molecule has 0 aromatic heterocycles. The van der Waals surface area contributed by atoms with E-state index in [0.29, 0.717) is 19.6 Å². The third-order valence-corrected chi connectivity index (χ3v) is 7.20. The Hall–Kier alpha value is -4.21. The Morgan fingerprint density at radius 1 is 0.878 bits per heavy atom. The molecule has 0 saturated carbocycles. The van der Waals surface area contributed by atoms with Crippen LogP contribution in [0.1, 0.15) is 35.4 Å². The lowest BCUT2D eigenvalue weighted by molar-refractivity contribution is -0.142. The standard InChI is InChI=1S/C32H37N3O6/c1-35(19-22-11-4-3-5-12-22)20-29(30(36)33-28(31(37)38)17-10-18-40-2)34-32(39)41-21-27-25-15-8-6-13-23(25)24-14-7-9-16-26(24)27/h3-9,11-16,27-29H,10,17-21H2,1-2H3,(H,33,36)(H,34,39)(H,37,38). The summed E-state index contributed by atoms with van der Waals surface area (Å²) in [5.41, 5.74) is 5.44. The first-order chi connectivity index (χ1) is 19.9. The zero-order valence-electron chi connectivity index (χ0n) is 23.4. The molecular formula is C32H37N3O6. The number of carbonyl (C=O) groups is 3. The molecule has 2 amide bonds. The minimum Gasteiger partial charge on any atom is -0.480 e. The number of methoxy groups -OCH3 is 1. The Bertz CT molecular complexity index is 1290. The highest BCUT2D eigenvalue weighted by atomic mass is 16.5. The highest BCUT2D eigenvalue weighted by molar-refractivity contribution is 5.89. The molecule has 1 aliphatic carbocycles. The van der Waals surface area contributed by atoms with Crippen molar-refractivity contribution in [2.75, 3.05) is 33.9 Å². The zero-order chi connectivity index (χ0) is 29.2. The number of likely N-dealkylation sites (N-methyl/N-ethyl adjacent to an activating group) is 1. The molecule has 41 heavy (non-hydrogen) atoms. The highest BCUT2D eigenvalue weighted by Gasteiger charge is 2.31. The van der Waals surface area contributed by atoms with E-state index >= 15 is 0 Å². The number of fused-ring (bicyclic) bond motifs is 3. The van der Waals surface area contributed by atoms with Gasteiger partial charge in [0.15, 0.2) is 0 Å². The molecule has 9 heteroatoms. The van der Waals surface area contributed by atoms with Crippen molar-refractivity contribution in [3.05, 3.63) is 95.6 Å². The molecule has 0 aliphatic heterocycles. The lowest BCUT2D eigenvalue weighted by Gasteiger charge is -2.26. The average molecular weight is 560 g/mol. The number of nitrogens with zero attached hydrogens (tertiary/aromatic N) is 1. The van der Waals surface area contributed by atoms with Gasteiger partial charge in [0.25, 0.3) is 0 Å². The second kappa shape index (κ2) is 14.4. The van der Waals surface area contributed by atoms with Gasteiger partial charge in [-0.3, -0.25) is 9.69 Å². The first kappa shape index (κ1) is 29.8. The molecule has 0 spiro atoms. The number of ether oxygens (including phenoxy) is 2. The van der Waals surface area contributed by atoms with Crippen molar-refractivity contribution in [2.24, 2.45) is 0 Å². The number of carbonyl (C=O) groups excluding carboxylic acids is 2. The fourth-order valence-electron chi connectivity index (χ4n) is 5.21. The van der Waals surface area contributed by atoms with Crippen LogP contribution in [-0.2, 0) is 25.6 Å². The van der Waals surface area contributed by atoms with Crippen LogP contribution >= 0.6 is 0 Å². The number of hydrogen-bond acceptors (Lipinski definition) is 6. The van der Waals surface area contributed by atoms with E-state index in [0.717, 1.165) is 27.8 Å². The van der Waals surface area contributed by atoms with Gasteiger partial charge in [0.1, 0.15) is 18.7 Å². The van der Waals surface area contributed by atoms with Crippen molar-refractivity contribution in [2.45, 2.75) is 37.4 Å². The minimum atomic E-state index is -1.15. The fraction of sp³-hybridized carbons (Fsp3) is 0.344. The quantitative estimate of drug-likeness (QED) is 0.256. The summed E-state index contributed by atoms with van der Waals surface area (Å²) in [7, 11) is 3.37. The SMILES string of the molecule is COCCCC(NC(=O)C(CN(C)Cc1ccccc1)NC(=O)OCC1c2ccccc2-c2ccccc21)C(=O)O. The number of hydrogen-bond donors (Lipinski definition) is 3. The maximum atomic E-state index is 13.3. The zero-order valence-corrected chi connectivity index (χ0v) is 23.4. The van der Waals surface area contributed by atoms with Crippen LogP contribution in [0.2, 0.25) is 0 Å². The molecule has 0 radical (unpaired) electrons. The van der Waals surface area contributed by atoms with Gasteiger partial charge >= 0.3 is 12.1 Å². The van der Waals surface area contributed by atoms with E-state index in [1.807, 2.05) is 78.7 Å². The minimum absolute atomic E-state index is 0.100. The molecule has 0 heterocycles. The van der Waals surface area contributed by atoms with Crippen LogP contribution in [0.25, 0.3) is 11.1 Å². The van der Waals surface area contributed by atoms with E-state index < -0.39 is 30.1 Å². The van der Waals surface area contributed by atoms with Crippen LogP contribution in [0.5, 0.6) is 0 Å². The van der Waals surface area contributed by atoms with Crippen LogP contribution in [0.3, 0.4) is 0 Å². The second-order valence-electron chi connectivity index (χ2n) is 10.2. The van der Waals surface area contributed by atoms with E-state index in [4.69, 9.17) is 9.47 Å². The smallest absolute Gasteiger partial charge is 0.407 e. The molecule has 0 bridgehead atoms. The maximum Gasteiger partial charge on any atom is 0.407 e. The first-order valence-corrected chi connectivity index (χ1v) is 13.7. The molecule has 4 rings (SSSR count). The summed E-state index contributed by atoms with van der Waals surface area (Å²) in [6.45, 7) is 1.16. The number of aliphatic carboxylic acids is 1. The van der Waals surface area contributed by atoms with Crippen molar-refractivity contribution in [1.29, 1.82) is 0 Å². The normalized spacial score (nSPS) is 13.6. The number of rotatable bonds is 14. The number of nitrogens with one attached hydrogen (secondary N) is 2. The van der Waals surface area contributed by atoms with Crippen molar-refractivity contribution in [3.63, 3.8) is 0 Å². The van der Waals surface area contributed by atoms with Crippen LogP contribution in [0.4, 0.5) is 4.79 Å². The van der Waals surface area contributed by atoms with Gasteiger partial charge in [-0.15, -0.1) is 0 Å². The topological polar surface area (TPSA) is 117 Å². The van der Waals surface area contributed by atoms with Crippen molar-refractivity contribution >= 4 is 18.0 Å². The van der Waals surface area contributed by atoms with Crippen LogP contribution in [0.15, 0.2) is 78.9 Å². The molecule has 0 saturated heterocycles. The fourth-order valence-corrected chi connectivity index (χ4v) is 5.21. The number of amides is 2. The van der Waals surface area contributed by atoms with Crippen molar-refractivity contribution < 1.29 is 29.0 Å². The summed E-state index contributed by atoms with van der Waals surface area (Å²) in [5.74, 6) is -1.87. The molecule has 0 fully saturated rings. The third-order valence-electron chi connectivity index (χ3n) is 7.20. The van der Waals surface area contributed by atoms with Gasteiger partial charge < -0.3 is 25.2 Å². The molecule has 3 N–H and O–H groups in total. The van der Waals surface area contributed by atoms with E-state index in [1.54, 1.807) is 0 Å². The average Bonchev–Trinajstić information content (AvgIpc) is 3.29. The number of benzene rings is 3. The molecule has 3 aromatic rings. The molecule has 2 atom stereocenters. The van der Waals surface area contributed by atoms with E-state index in [9.17, 15) is 19.5 Å². The lowest BCUT2D eigenvalue weighted by atomic mass is 9.98. The molecule has 216 valence electrons. The Labute approximate surface area is 240 Å². The van der Waals surface area contributed by atoms with Gasteiger partial charge in [-0.1, -0.05) is 78.9 Å². The van der Waals surface area contributed by atoms with E-state index in [1.165, 1.54) is 7.11 Å². The monoisotopic (exact) mass is 559 g/mol. The number of alkyl carbamates (subject to hydrolysis) is 1. The lowest BCUT2D eigenvalue weighted by Crippen LogP contribution is -2.55. The molecule has 9 nitrogen and oxygen atoms in total. The second-order valence-corrected chi connectivity index (χ2v) is 10.2. The van der Waals surface area contributed by atoms with Crippen molar-refractivity contribution in [1.82, 2.24) is 15.5 Å². The first-order valence-electron chi connectivity index (χ1n) is 13.7. The largest absolute Gasteiger partial charge is 0.480 e. The van der Waals surface area contributed by atoms with Crippen LogP contribution in [-0.4, -0.2) is 74.0 Å². The Morgan fingerprint density at radius 3 is 2.10 bits per heavy atom. The van der Waals surface area contributed by atoms with Gasteiger partial charge in [0, 0.05) is 32.7 Å². The maximum absolute atomic E-state index is 13.3. The van der Waals surface area contributed by atoms with Gasteiger partial charge in [0.05, 0.1) is 0 Å². The van der Waals surface area contributed by atoms with Crippen LogP contribution < -0.4 is 10.6 Å². The summed E-state index contributed by atoms with van der Waals surface area (Å²) < 4.78 is 10.7. The summed E-state index contributed by atoms with van der Waals surface area (Å²) in [5, 5.41) is 14.9. The molecule has 2 unspecified atom stereocenters. The summed E-state index contributed by atoms with van der Waals surface area (Å²) in [4.78, 5) is 40.0. The van der Waals surface area contributed by atoms with E-state index in [2.05, 4.69) is 22.8 Å². The predicted octanol–water partition coefficient (Wildman–Crippen LogP) is 4.02. The Balaban J connectivity index is 1.44. The third kappa shape index (κ3) is 7.93. The predicted molar refractivity (Wildman–Crippen MR) is 155 cm³/mol. The highest BCUT2D eigenvalue weighted by Crippen LogP contribution is 2.44.